The van der Waals surface area contributed by atoms with Crippen molar-refractivity contribution >= 4 is 17.5 Å². The van der Waals surface area contributed by atoms with Gasteiger partial charge in [-0.25, -0.2) is 9.78 Å². The Balaban J connectivity index is 1.54. The number of amides is 2. The first kappa shape index (κ1) is 17.3. The molecule has 1 N–H and O–H groups in total. The summed E-state index contributed by atoms with van der Waals surface area (Å²) in [7, 11) is 0. The molecule has 2 amide bonds. The smallest absolute Gasteiger partial charge is 0.321 e. The number of carbonyl (C=O) groups is 1. The van der Waals surface area contributed by atoms with Gasteiger partial charge in [0.05, 0.1) is 0 Å². The number of piperazine rings is 1. The zero-order chi connectivity index (χ0) is 17.8. The first-order chi connectivity index (χ1) is 12.0. The summed E-state index contributed by atoms with van der Waals surface area (Å²) in [6.07, 6.45) is 1.84. The van der Waals surface area contributed by atoms with Crippen LogP contribution in [0.2, 0.25) is 0 Å². The highest BCUT2D eigenvalue weighted by Crippen LogP contribution is 2.18. The van der Waals surface area contributed by atoms with E-state index in [1.807, 2.05) is 29.3 Å². The summed E-state index contributed by atoms with van der Waals surface area (Å²) in [5.41, 5.74) is 3.32. The Labute approximate surface area is 149 Å². The molecule has 1 aliphatic heterocycles. The molecule has 25 heavy (non-hydrogen) atoms. The second-order valence-corrected chi connectivity index (χ2v) is 6.87. The van der Waals surface area contributed by atoms with Gasteiger partial charge in [-0.05, 0) is 48.2 Å². The van der Waals surface area contributed by atoms with Crippen LogP contribution in [0.25, 0.3) is 0 Å². The van der Waals surface area contributed by atoms with Crippen molar-refractivity contribution < 1.29 is 4.79 Å². The molecule has 1 aromatic heterocycles. The highest BCUT2D eigenvalue weighted by atomic mass is 16.2. The molecule has 1 fully saturated rings. The average molecular weight is 338 g/mol. The molecule has 0 unspecified atom stereocenters. The number of rotatable bonds is 3. The molecule has 0 spiro atoms. The van der Waals surface area contributed by atoms with E-state index in [1.165, 1.54) is 11.1 Å². The van der Waals surface area contributed by atoms with Crippen molar-refractivity contribution in [1.29, 1.82) is 0 Å². The van der Waals surface area contributed by atoms with Crippen LogP contribution in [0.4, 0.5) is 16.3 Å². The molecule has 132 valence electrons. The van der Waals surface area contributed by atoms with E-state index >= 15 is 0 Å². The molecular formula is C20H26N4O. The normalized spacial score (nSPS) is 14.7. The quantitative estimate of drug-likeness (QED) is 0.924. The van der Waals surface area contributed by atoms with Gasteiger partial charge < -0.3 is 15.1 Å². The first-order valence-corrected chi connectivity index (χ1v) is 8.86. The number of pyridine rings is 1. The minimum atomic E-state index is -0.0332. The zero-order valence-electron chi connectivity index (χ0n) is 15.2. The fourth-order valence-corrected chi connectivity index (χ4v) is 2.99. The Morgan fingerprint density at radius 2 is 1.76 bits per heavy atom. The Morgan fingerprint density at radius 1 is 1.08 bits per heavy atom. The molecule has 3 rings (SSSR count). The Kier molecular flexibility index (Phi) is 5.22. The number of aromatic nitrogens is 1. The predicted molar refractivity (Wildman–Crippen MR) is 102 cm³/mol. The molecular weight excluding hydrogens is 312 g/mol. The van der Waals surface area contributed by atoms with Gasteiger partial charge in [-0.2, -0.15) is 0 Å². The van der Waals surface area contributed by atoms with E-state index < -0.39 is 0 Å². The summed E-state index contributed by atoms with van der Waals surface area (Å²) in [6, 6.07) is 12.1. The van der Waals surface area contributed by atoms with Crippen molar-refractivity contribution in [1.82, 2.24) is 9.88 Å². The maximum atomic E-state index is 12.5. The minimum absolute atomic E-state index is 0.0332. The maximum Gasteiger partial charge on any atom is 0.321 e. The lowest BCUT2D eigenvalue weighted by Gasteiger charge is -2.35. The monoisotopic (exact) mass is 338 g/mol. The van der Waals surface area contributed by atoms with E-state index in [2.05, 4.69) is 54.2 Å². The average Bonchev–Trinajstić information content (AvgIpc) is 2.62. The van der Waals surface area contributed by atoms with Crippen LogP contribution in [-0.4, -0.2) is 42.1 Å². The van der Waals surface area contributed by atoms with Crippen LogP contribution in [0.5, 0.6) is 0 Å². The SMILES string of the molecule is Cc1ccnc(N2CCN(C(=O)Nc3ccc(C(C)C)cc3)CC2)c1. The van der Waals surface area contributed by atoms with Gasteiger partial charge >= 0.3 is 6.03 Å². The van der Waals surface area contributed by atoms with Crippen molar-refractivity contribution in [2.75, 3.05) is 36.4 Å². The van der Waals surface area contributed by atoms with Crippen LogP contribution in [0.3, 0.4) is 0 Å². The van der Waals surface area contributed by atoms with Gasteiger partial charge in [-0.1, -0.05) is 26.0 Å². The zero-order valence-corrected chi connectivity index (χ0v) is 15.2. The van der Waals surface area contributed by atoms with E-state index in [1.54, 1.807) is 0 Å². The van der Waals surface area contributed by atoms with Crippen LogP contribution < -0.4 is 10.2 Å². The molecule has 0 radical (unpaired) electrons. The van der Waals surface area contributed by atoms with E-state index in [0.717, 1.165) is 24.6 Å². The molecule has 5 heteroatoms. The van der Waals surface area contributed by atoms with E-state index in [4.69, 9.17) is 0 Å². The summed E-state index contributed by atoms with van der Waals surface area (Å²) in [6.45, 7) is 9.40. The summed E-state index contributed by atoms with van der Waals surface area (Å²) < 4.78 is 0. The fraction of sp³-hybridized carbons (Fsp3) is 0.400. The molecule has 1 aromatic carbocycles. The molecule has 0 bridgehead atoms. The van der Waals surface area contributed by atoms with Crippen molar-refractivity contribution in [3.63, 3.8) is 0 Å². The number of benzene rings is 1. The second kappa shape index (κ2) is 7.55. The van der Waals surface area contributed by atoms with Gasteiger partial charge in [0.2, 0.25) is 0 Å². The Morgan fingerprint density at radius 3 is 2.36 bits per heavy atom. The van der Waals surface area contributed by atoms with Gasteiger partial charge in [-0.3, -0.25) is 0 Å². The van der Waals surface area contributed by atoms with Crippen molar-refractivity contribution in [3.05, 3.63) is 53.7 Å². The topological polar surface area (TPSA) is 48.5 Å². The Bertz CT molecular complexity index is 719. The lowest BCUT2D eigenvalue weighted by Crippen LogP contribution is -2.50. The van der Waals surface area contributed by atoms with Gasteiger partial charge in [0.25, 0.3) is 0 Å². The van der Waals surface area contributed by atoms with Gasteiger partial charge in [0.1, 0.15) is 5.82 Å². The van der Waals surface area contributed by atoms with Crippen LogP contribution in [0.1, 0.15) is 30.9 Å². The highest BCUT2D eigenvalue weighted by molar-refractivity contribution is 5.89. The molecule has 1 saturated heterocycles. The minimum Gasteiger partial charge on any atom is -0.353 e. The number of hydrogen-bond donors (Lipinski definition) is 1. The lowest BCUT2D eigenvalue weighted by molar-refractivity contribution is 0.208. The number of urea groups is 1. The van der Waals surface area contributed by atoms with Crippen molar-refractivity contribution in [2.45, 2.75) is 26.7 Å². The third-order valence-corrected chi connectivity index (χ3v) is 4.62. The number of aryl methyl sites for hydroxylation is 1. The van der Waals surface area contributed by atoms with E-state index in [9.17, 15) is 4.79 Å². The summed E-state index contributed by atoms with van der Waals surface area (Å²) in [5.74, 6) is 1.48. The first-order valence-electron chi connectivity index (χ1n) is 8.86. The van der Waals surface area contributed by atoms with Crippen LogP contribution in [0.15, 0.2) is 42.6 Å². The van der Waals surface area contributed by atoms with Crippen LogP contribution in [-0.2, 0) is 0 Å². The molecule has 2 aromatic rings. The van der Waals surface area contributed by atoms with Gasteiger partial charge in [0, 0.05) is 38.1 Å². The molecule has 1 aliphatic rings. The van der Waals surface area contributed by atoms with E-state index in [0.29, 0.717) is 19.0 Å². The van der Waals surface area contributed by atoms with E-state index in [-0.39, 0.29) is 6.03 Å². The highest BCUT2D eigenvalue weighted by Gasteiger charge is 2.22. The standard InChI is InChI=1S/C20H26N4O/c1-15(2)17-4-6-18(7-5-17)22-20(25)24-12-10-23(11-13-24)19-14-16(3)8-9-21-19/h4-9,14-15H,10-13H2,1-3H3,(H,22,25). The van der Waals surface area contributed by atoms with Crippen LogP contribution in [0, 0.1) is 6.92 Å². The van der Waals surface area contributed by atoms with Crippen molar-refractivity contribution in [3.8, 4) is 0 Å². The predicted octanol–water partition coefficient (Wildman–Crippen LogP) is 3.87. The lowest BCUT2D eigenvalue weighted by atomic mass is 10.0. The third kappa shape index (κ3) is 4.29. The van der Waals surface area contributed by atoms with Gasteiger partial charge in [-0.15, -0.1) is 0 Å². The fourth-order valence-electron chi connectivity index (χ4n) is 2.99. The van der Waals surface area contributed by atoms with Crippen LogP contribution >= 0.6 is 0 Å². The molecule has 2 heterocycles. The summed E-state index contributed by atoms with van der Waals surface area (Å²) >= 11 is 0. The number of nitrogens with zero attached hydrogens (tertiary/aromatic N) is 3. The molecule has 0 atom stereocenters. The number of anilines is 2. The van der Waals surface area contributed by atoms with Crippen molar-refractivity contribution in [2.24, 2.45) is 0 Å². The maximum absolute atomic E-state index is 12.5. The second-order valence-electron chi connectivity index (χ2n) is 6.87. The number of nitrogens with one attached hydrogen (secondary N) is 1. The summed E-state index contributed by atoms with van der Waals surface area (Å²) in [4.78, 5) is 21.0. The third-order valence-electron chi connectivity index (χ3n) is 4.62. The number of carbonyl (C=O) groups excluding carboxylic acids is 1. The number of hydrogen-bond acceptors (Lipinski definition) is 3. The molecule has 5 nitrogen and oxygen atoms in total. The molecule has 0 saturated carbocycles. The Hall–Kier alpha value is -2.56. The summed E-state index contributed by atoms with van der Waals surface area (Å²) in [5, 5.41) is 2.99. The van der Waals surface area contributed by atoms with Gasteiger partial charge in [0.15, 0.2) is 0 Å². The molecule has 0 aliphatic carbocycles. The largest absolute Gasteiger partial charge is 0.353 e.